The molecule has 0 bridgehead atoms. The van der Waals surface area contributed by atoms with Crippen LogP contribution in [0.25, 0.3) is 5.57 Å². The maximum atomic E-state index is 13.2. The van der Waals surface area contributed by atoms with E-state index in [0.717, 1.165) is 10.5 Å². The first-order valence-corrected chi connectivity index (χ1v) is 10.1. The van der Waals surface area contributed by atoms with E-state index >= 15 is 0 Å². The van der Waals surface area contributed by atoms with E-state index in [1.165, 1.54) is 11.3 Å². The summed E-state index contributed by atoms with van der Waals surface area (Å²) in [6, 6.07) is 15.7. The second-order valence-corrected chi connectivity index (χ2v) is 7.98. The van der Waals surface area contributed by atoms with Crippen LogP contribution in [-0.4, -0.2) is 11.8 Å². The number of benzene rings is 2. The molecule has 2 aromatic carbocycles. The van der Waals surface area contributed by atoms with E-state index in [-0.39, 0.29) is 5.70 Å². The highest BCUT2D eigenvalue weighted by Crippen LogP contribution is 2.37. The fraction of sp³-hybridized carbons (Fsp3) is 0.0476. The molecular weight excluding hydrogens is 415 g/mol. The Morgan fingerprint density at radius 1 is 0.964 bits per heavy atom. The Balaban J connectivity index is 1.83. The van der Waals surface area contributed by atoms with Crippen molar-refractivity contribution in [3.63, 3.8) is 0 Å². The molecule has 1 aromatic heterocycles. The van der Waals surface area contributed by atoms with Crippen LogP contribution in [0.4, 0.5) is 11.4 Å². The zero-order valence-electron chi connectivity index (χ0n) is 14.7. The number of anilines is 2. The molecule has 0 aliphatic carbocycles. The first-order valence-electron chi connectivity index (χ1n) is 8.42. The number of halogens is 2. The average Bonchev–Trinajstić information content (AvgIpc) is 3.26. The summed E-state index contributed by atoms with van der Waals surface area (Å²) in [6.45, 7) is 1.85. The zero-order chi connectivity index (χ0) is 19.8. The van der Waals surface area contributed by atoms with Crippen molar-refractivity contribution in [2.45, 2.75) is 6.92 Å². The van der Waals surface area contributed by atoms with E-state index in [1.807, 2.05) is 30.5 Å². The number of nitrogens with zero attached hydrogens (tertiary/aromatic N) is 1. The molecule has 7 heteroatoms. The standard InChI is InChI=1S/C21H14Cl2N2O2S/c1-12-15(23)7-3-8-16(12)24-19-18(17-9-4-10-28-17)20(26)25(21(19)27)14-6-2-5-13(22)11-14/h2-11,24H,1H3. The van der Waals surface area contributed by atoms with Crippen molar-refractivity contribution in [3.05, 3.63) is 86.2 Å². The Bertz CT molecular complexity index is 1120. The van der Waals surface area contributed by atoms with Gasteiger partial charge in [-0.15, -0.1) is 11.3 Å². The smallest absolute Gasteiger partial charge is 0.282 e. The Morgan fingerprint density at radius 2 is 1.75 bits per heavy atom. The molecule has 0 unspecified atom stereocenters. The quantitative estimate of drug-likeness (QED) is 0.537. The van der Waals surface area contributed by atoms with Gasteiger partial charge in [0.1, 0.15) is 5.70 Å². The normalized spacial score (nSPS) is 14.2. The van der Waals surface area contributed by atoms with Crippen molar-refractivity contribution in [2.24, 2.45) is 0 Å². The summed E-state index contributed by atoms with van der Waals surface area (Å²) in [4.78, 5) is 28.3. The number of amides is 2. The van der Waals surface area contributed by atoms with Crippen LogP contribution >= 0.6 is 34.5 Å². The van der Waals surface area contributed by atoms with Gasteiger partial charge in [-0.3, -0.25) is 9.59 Å². The number of thiophene rings is 1. The number of nitrogens with one attached hydrogen (secondary N) is 1. The predicted molar refractivity (Wildman–Crippen MR) is 115 cm³/mol. The highest BCUT2D eigenvalue weighted by Gasteiger charge is 2.40. The van der Waals surface area contributed by atoms with Crippen LogP contribution in [0.1, 0.15) is 10.4 Å². The van der Waals surface area contributed by atoms with E-state index in [2.05, 4.69) is 5.32 Å². The maximum Gasteiger partial charge on any atom is 0.282 e. The topological polar surface area (TPSA) is 49.4 Å². The van der Waals surface area contributed by atoms with E-state index < -0.39 is 11.8 Å². The minimum Gasteiger partial charge on any atom is -0.350 e. The lowest BCUT2D eigenvalue weighted by atomic mass is 10.1. The van der Waals surface area contributed by atoms with Crippen molar-refractivity contribution < 1.29 is 9.59 Å². The largest absolute Gasteiger partial charge is 0.350 e. The third kappa shape index (κ3) is 3.22. The fourth-order valence-corrected chi connectivity index (χ4v) is 4.15. The Kier molecular flexibility index (Phi) is 4.98. The minimum absolute atomic E-state index is 0.220. The minimum atomic E-state index is -0.435. The monoisotopic (exact) mass is 428 g/mol. The SMILES string of the molecule is Cc1c(Cl)cccc1NC1=C(c2cccs2)C(=O)N(c2cccc(Cl)c2)C1=O. The summed E-state index contributed by atoms with van der Waals surface area (Å²) >= 11 is 13.7. The van der Waals surface area contributed by atoms with Gasteiger partial charge in [0.2, 0.25) is 0 Å². The van der Waals surface area contributed by atoms with Gasteiger partial charge in [-0.2, -0.15) is 0 Å². The van der Waals surface area contributed by atoms with Gasteiger partial charge >= 0.3 is 0 Å². The third-order valence-electron chi connectivity index (χ3n) is 4.45. The Hall–Kier alpha value is -2.60. The lowest BCUT2D eigenvalue weighted by Crippen LogP contribution is -2.32. The number of carbonyl (C=O) groups excluding carboxylic acids is 2. The highest BCUT2D eigenvalue weighted by atomic mass is 35.5. The highest BCUT2D eigenvalue weighted by molar-refractivity contribution is 7.11. The molecule has 4 nitrogen and oxygen atoms in total. The second-order valence-electron chi connectivity index (χ2n) is 6.19. The average molecular weight is 429 g/mol. The number of hydrogen-bond donors (Lipinski definition) is 1. The van der Waals surface area contributed by atoms with Crippen LogP contribution < -0.4 is 10.2 Å². The van der Waals surface area contributed by atoms with Gasteiger partial charge in [0, 0.05) is 20.6 Å². The molecule has 1 aliphatic heterocycles. The number of imide groups is 1. The summed E-state index contributed by atoms with van der Waals surface area (Å²) in [7, 11) is 0. The summed E-state index contributed by atoms with van der Waals surface area (Å²) in [5.41, 5.74) is 2.45. The van der Waals surface area contributed by atoms with Crippen LogP contribution in [0.3, 0.4) is 0 Å². The molecule has 0 saturated heterocycles. The third-order valence-corrected chi connectivity index (χ3v) is 5.98. The Labute approximate surface area is 176 Å². The second kappa shape index (κ2) is 7.43. The molecule has 0 spiro atoms. The van der Waals surface area contributed by atoms with Crippen molar-refractivity contribution in [1.82, 2.24) is 0 Å². The van der Waals surface area contributed by atoms with E-state index in [4.69, 9.17) is 23.2 Å². The van der Waals surface area contributed by atoms with Gasteiger partial charge < -0.3 is 5.32 Å². The van der Waals surface area contributed by atoms with E-state index in [9.17, 15) is 9.59 Å². The van der Waals surface area contributed by atoms with Crippen LogP contribution in [0, 0.1) is 6.92 Å². The van der Waals surface area contributed by atoms with Crippen LogP contribution in [-0.2, 0) is 9.59 Å². The van der Waals surface area contributed by atoms with Crippen molar-refractivity contribution in [1.29, 1.82) is 0 Å². The van der Waals surface area contributed by atoms with Gasteiger partial charge in [-0.25, -0.2) is 4.90 Å². The van der Waals surface area contributed by atoms with E-state index in [1.54, 1.807) is 36.4 Å². The molecule has 2 amide bonds. The lowest BCUT2D eigenvalue weighted by Gasteiger charge is -2.16. The molecule has 1 aliphatic rings. The number of carbonyl (C=O) groups is 2. The first-order chi connectivity index (χ1) is 13.5. The predicted octanol–water partition coefficient (Wildman–Crippen LogP) is 5.76. The molecular formula is C21H14Cl2N2O2S. The molecule has 4 rings (SSSR count). The van der Waals surface area contributed by atoms with E-state index in [0.29, 0.717) is 31.9 Å². The zero-order valence-corrected chi connectivity index (χ0v) is 17.0. The molecule has 0 radical (unpaired) electrons. The Morgan fingerprint density at radius 3 is 2.46 bits per heavy atom. The van der Waals surface area contributed by atoms with Gasteiger partial charge in [-0.05, 0) is 54.3 Å². The molecule has 0 atom stereocenters. The van der Waals surface area contributed by atoms with Gasteiger partial charge in [0.25, 0.3) is 11.8 Å². The van der Waals surface area contributed by atoms with Crippen molar-refractivity contribution in [2.75, 3.05) is 10.2 Å². The molecule has 3 aromatic rings. The molecule has 2 heterocycles. The van der Waals surface area contributed by atoms with Crippen molar-refractivity contribution >= 4 is 63.3 Å². The van der Waals surface area contributed by atoms with Gasteiger partial charge in [-0.1, -0.05) is 41.4 Å². The van der Waals surface area contributed by atoms with Crippen LogP contribution in [0.2, 0.25) is 10.0 Å². The van der Waals surface area contributed by atoms with Crippen molar-refractivity contribution in [3.8, 4) is 0 Å². The maximum absolute atomic E-state index is 13.2. The number of hydrogen-bond acceptors (Lipinski definition) is 4. The summed E-state index contributed by atoms with van der Waals surface area (Å²) in [5.74, 6) is -0.827. The summed E-state index contributed by atoms with van der Waals surface area (Å²) in [5, 5.41) is 6.03. The summed E-state index contributed by atoms with van der Waals surface area (Å²) in [6.07, 6.45) is 0. The number of rotatable bonds is 4. The van der Waals surface area contributed by atoms with Crippen LogP contribution in [0.5, 0.6) is 0 Å². The van der Waals surface area contributed by atoms with Crippen LogP contribution in [0.15, 0.2) is 65.7 Å². The summed E-state index contributed by atoms with van der Waals surface area (Å²) < 4.78 is 0. The first kappa shape index (κ1) is 18.7. The van der Waals surface area contributed by atoms with Gasteiger partial charge in [0.05, 0.1) is 11.3 Å². The molecule has 140 valence electrons. The lowest BCUT2D eigenvalue weighted by molar-refractivity contribution is -0.120. The molecule has 28 heavy (non-hydrogen) atoms. The molecule has 0 saturated carbocycles. The fourth-order valence-electron chi connectivity index (χ4n) is 3.02. The van der Waals surface area contributed by atoms with Gasteiger partial charge in [0.15, 0.2) is 0 Å². The molecule has 0 fully saturated rings. The molecule has 1 N–H and O–H groups in total.